The highest BCUT2D eigenvalue weighted by atomic mass is 79.9. The first kappa shape index (κ1) is 21.8. The van der Waals surface area contributed by atoms with Gasteiger partial charge in [-0.1, -0.05) is 77.4 Å². The molecule has 0 saturated carbocycles. The van der Waals surface area contributed by atoms with E-state index in [2.05, 4.69) is 34.9 Å². The highest BCUT2D eigenvalue weighted by molar-refractivity contribution is 9.10. The summed E-state index contributed by atoms with van der Waals surface area (Å²) in [4.78, 5) is 11.2. The van der Waals surface area contributed by atoms with E-state index in [1.807, 2.05) is 54.6 Å². The van der Waals surface area contributed by atoms with Crippen molar-refractivity contribution in [1.82, 2.24) is 5.16 Å². The van der Waals surface area contributed by atoms with Gasteiger partial charge in [0.1, 0.15) is 23.8 Å². The average molecular weight is 492 g/mol. The number of ether oxygens (including phenoxy) is 1. The standard InChI is InChI=1S/C26H22BrNO4/c1-16(2)25-22(24(28-32-25)21-8-3-4-9-23(21)27)15-31-20-12-10-17(11-13-20)18-6-5-7-19(14-18)26(29)30/h3-14,16H,15H2,1-2H3,(H,29,30). The van der Waals surface area contributed by atoms with E-state index in [1.165, 1.54) is 0 Å². The van der Waals surface area contributed by atoms with Crippen LogP contribution in [0.5, 0.6) is 5.75 Å². The van der Waals surface area contributed by atoms with Crippen molar-refractivity contribution in [2.75, 3.05) is 0 Å². The van der Waals surface area contributed by atoms with E-state index >= 15 is 0 Å². The molecular formula is C26H22BrNO4. The van der Waals surface area contributed by atoms with Crippen LogP contribution in [-0.4, -0.2) is 16.2 Å². The van der Waals surface area contributed by atoms with Crippen LogP contribution in [0, 0.1) is 0 Å². The second kappa shape index (κ2) is 9.40. The zero-order chi connectivity index (χ0) is 22.7. The average Bonchev–Trinajstić information content (AvgIpc) is 3.22. The van der Waals surface area contributed by atoms with Gasteiger partial charge in [-0.25, -0.2) is 4.79 Å². The summed E-state index contributed by atoms with van der Waals surface area (Å²) in [6, 6.07) is 22.4. The molecule has 0 bridgehead atoms. The molecule has 0 amide bonds. The maximum absolute atomic E-state index is 11.2. The summed E-state index contributed by atoms with van der Waals surface area (Å²) in [6.45, 7) is 4.45. The van der Waals surface area contributed by atoms with E-state index in [-0.39, 0.29) is 11.5 Å². The number of hydrogen-bond donors (Lipinski definition) is 1. The molecular weight excluding hydrogens is 470 g/mol. The van der Waals surface area contributed by atoms with Gasteiger partial charge in [-0.2, -0.15) is 0 Å². The van der Waals surface area contributed by atoms with Gasteiger partial charge < -0.3 is 14.4 Å². The fraction of sp³-hybridized carbons (Fsp3) is 0.154. The lowest BCUT2D eigenvalue weighted by Gasteiger charge is -2.11. The molecule has 0 spiro atoms. The lowest BCUT2D eigenvalue weighted by molar-refractivity contribution is 0.0697. The second-order valence-corrected chi connectivity index (χ2v) is 8.56. The summed E-state index contributed by atoms with van der Waals surface area (Å²) in [5, 5.41) is 13.5. The minimum atomic E-state index is -0.942. The number of carbonyl (C=O) groups is 1. The zero-order valence-electron chi connectivity index (χ0n) is 17.7. The van der Waals surface area contributed by atoms with E-state index in [4.69, 9.17) is 9.26 Å². The number of nitrogens with zero attached hydrogens (tertiary/aromatic N) is 1. The molecule has 0 unspecified atom stereocenters. The molecule has 0 aliphatic rings. The van der Waals surface area contributed by atoms with Crippen LogP contribution in [0.2, 0.25) is 0 Å². The third-order valence-corrected chi connectivity index (χ3v) is 5.84. The first-order valence-electron chi connectivity index (χ1n) is 10.2. The molecule has 162 valence electrons. The lowest BCUT2D eigenvalue weighted by Crippen LogP contribution is -2.01. The van der Waals surface area contributed by atoms with E-state index in [0.717, 1.165) is 38.2 Å². The molecule has 3 aromatic carbocycles. The van der Waals surface area contributed by atoms with Crippen LogP contribution in [0.15, 0.2) is 81.8 Å². The predicted molar refractivity (Wildman–Crippen MR) is 127 cm³/mol. The molecule has 0 radical (unpaired) electrons. The normalized spacial score (nSPS) is 11.0. The van der Waals surface area contributed by atoms with Crippen molar-refractivity contribution in [1.29, 1.82) is 0 Å². The third-order valence-electron chi connectivity index (χ3n) is 5.15. The first-order valence-corrected chi connectivity index (χ1v) is 11.0. The van der Waals surface area contributed by atoms with Crippen LogP contribution in [0.25, 0.3) is 22.4 Å². The Kier molecular flexibility index (Phi) is 6.42. The van der Waals surface area contributed by atoms with Crippen LogP contribution in [0.4, 0.5) is 0 Å². The molecule has 1 aromatic heterocycles. The topological polar surface area (TPSA) is 72.6 Å². The van der Waals surface area contributed by atoms with Gasteiger partial charge in [0.15, 0.2) is 0 Å². The Hall–Kier alpha value is -3.38. The number of carboxylic acid groups (broad SMARTS) is 1. The minimum absolute atomic E-state index is 0.168. The van der Waals surface area contributed by atoms with Gasteiger partial charge in [0, 0.05) is 16.0 Å². The van der Waals surface area contributed by atoms with Gasteiger partial charge in [-0.15, -0.1) is 0 Å². The SMILES string of the molecule is CC(C)c1onc(-c2ccccc2Br)c1COc1ccc(-c2cccc(C(=O)O)c2)cc1. The van der Waals surface area contributed by atoms with Gasteiger partial charge in [0.25, 0.3) is 0 Å². The van der Waals surface area contributed by atoms with Crippen LogP contribution in [-0.2, 0) is 6.61 Å². The summed E-state index contributed by atoms with van der Waals surface area (Å²) in [5.41, 5.74) is 4.66. The molecule has 0 atom stereocenters. The predicted octanol–water partition coefficient (Wildman–Crippen LogP) is 7.17. The Morgan fingerprint density at radius 1 is 1.03 bits per heavy atom. The van der Waals surface area contributed by atoms with Crippen LogP contribution in [0.1, 0.15) is 41.4 Å². The molecule has 4 aromatic rings. The minimum Gasteiger partial charge on any atom is -0.489 e. The molecule has 6 heteroatoms. The van der Waals surface area contributed by atoms with E-state index < -0.39 is 5.97 Å². The Morgan fingerprint density at radius 3 is 2.47 bits per heavy atom. The van der Waals surface area contributed by atoms with Crippen molar-refractivity contribution in [3.05, 3.63) is 94.2 Å². The molecule has 5 nitrogen and oxygen atoms in total. The quantitative estimate of drug-likeness (QED) is 0.296. The van der Waals surface area contributed by atoms with Crippen molar-refractivity contribution >= 4 is 21.9 Å². The van der Waals surface area contributed by atoms with Gasteiger partial charge in [-0.3, -0.25) is 0 Å². The number of benzene rings is 3. The van der Waals surface area contributed by atoms with E-state index in [9.17, 15) is 9.90 Å². The summed E-state index contributed by atoms with van der Waals surface area (Å²) < 4.78 is 12.7. The Balaban J connectivity index is 1.57. The Bertz CT molecular complexity index is 1240. The van der Waals surface area contributed by atoms with Crippen molar-refractivity contribution < 1.29 is 19.2 Å². The van der Waals surface area contributed by atoms with Crippen LogP contribution < -0.4 is 4.74 Å². The maximum Gasteiger partial charge on any atom is 0.335 e. The van der Waals surface area contributed by atoms with Gasteiger partial charge >= 0.3 is 5.97 Å². The zero-order valence-corrected chi connectivity index (χ0v) is 19.3. The van der Waals surface area contributed by atoms with Crippen molar-refractivity contribution in [3.8, 4) is 28.1 Å². The summed E-state index contributed by atoms with van der Waals surface area (Å²) in [6.07, 6.45) is 0. The Labute approximate surface area is 194 Å². The van der Waals surface area contributed by atoms with Crippen molar-refractivity contribution in [2.24, 2.45) is 0 Å². The maximum atomic E-state index is 11.2. The van der Waals surface area contributed by atoms with E-state index in [0.29, 0.717) is 12.4 Å². The number of hydrogen-bond acceptors (Lipinski definition) is 4. The third kappa shape index (κ3) is 4.60. The Morgan fingerprint density at radius 2 is 1.78 bits per heavy atom. The van der Waals surface area contributed by atoms with Crippen LogP contribution >= 0.6 is 15.9 Å². The first-order chi connectivity index (χ1) is 15.4. The highest BCUT2D eigenvalue weighted by Gasteiger charge is 2.21. The van der Waals surface area contributed by atoms with Crippen molar-refractivity contribution in [3.63, 3.8) is 0 Å². The number of rotatable bonds is 7. The summed E-state index contributed by atoms with van der Waals surface area (Å²) in [5.74, 6) is 0.735. The molecule has 0 saturated heterocycles. The molecule has 4 rings (SSSR count). The molecule has 0 aliphatic heterocycles. The fourth-order valence-corrected chi connectivity index (χ4v) is 3.98. The van der Waals surface area contributed by atoms with Crippen LogP contribution in [0.3, 0.4) is 0 Å². The smallest absolute Gasteiger partial charge is 0.335 e. The monoisotopic (exact) mass is 491 g/mol. The molecule has 32 heavy (non-hydrogen) atoms. The number of halogens is 1. The van der Waals surface area contributed by atoms with Crippen molar-refractivity contribution in [2.45, 2.75) is 26.4 Å². The second-order valence-electron chi connectivity index (χ2n) is 7.71. The number of aromatic nitrogens is 1. The fourth-order valence-electron chi connectivity index (χ4n) is 3.51. The highest BCUT2D eigenvalue weighted by Crippen LogP contribution is 2.35. The van der Waals surface area contributed by atoms with Gasteiger partial charge in [0.05, 0.1) is 11.1 Å². The molecule has 0 fully saturated rings. The molecule has 0 aliphatic carbocycles. The summed E-state index contributed by atoms with van der Waals surface area (Å²) in [7, 11) is 0. The lowest BCUT2D eigenvalue weighted by atomic mass is 10.0. The van der Waals surface area contributed by atoms with Gasteiger partial charge in [-0.05, 0) is 41.5 Å². The summed E-state index contributed by atoms with van der Waals surface area (Å²) >= 11 is 3.59. The van der Waals surface area contributed by atoms with E-state index in [1.54, 1.807) is 18.2 Å². The van der Waals surface area contributed by atoms with Gasteiger partial charge in [0.2, 0.25) is 0 Å². The molecule has 1 heterocycles. The number of carboxylic acids is 1. The molecule has 1 N–H and O–H groups in total. The number of aromatic carboxylic acids is 1. The largest absolute Gasteiger partial charge is 0.489 e.